The first kappa shape index (κ1) is 20.0. The van der Waals surface area contributed by atoms with E-state index in [-0.39, 0.29) is 12.3 Å². The first-order valence-electron chi connectivity index (χ1n) is 9.41. The summed E-state index contributed by atoms with van der Waals surface area (Å²) < 4.78 is 40.4. The number of hydrogen-bond donors (Lipinski definition) is 1. The van der Waals surface area contributed by atoms with Crippen LogP contribution in [-0.4, -0.2) is 26.4 Å². The lowest BCUT2D eigenvalue weighted by molar-refractivity contribution is 0.185. The molecule has 27 heavy (non-hydrogen) atoms. The molecule has 3 rings (SSSR count). The highest BCUT2D eigenvalue weighted by atomic mass is 32.2. The zero-order valence-electron chi connectivity index (χ0n) is 15.7. The maximum Gasteiger partial charge on any atom is 0.216 e. The number of halogens is 1. The molecule has 0 aliphatic carbocycles. The molecule has 1 aliphatic heterocycles. The number of likely N-dealkylation sites (tertiary alicyclic amines) is 1. The molecule has 1 N–H and O–H groups in total. The lowest BCUT2D eigenvalue weighted by atomic mass is 9.98. The molecule has 0 spiro atoms. The van der Waals surface area contributed by atoms with Crippen molar-refractivity contribution in [1.82, 2.24) is 9.62 Å². The average Bonchev–Trinajstić information content (AvgIpc) is 2.62. The first-order valence-corrected chi connectivity index (χ1v) is 11.1. The molecule has 0 unspecified atom stereocenters. The van der Waals surface area contributed by atoms with E-state index in [0.717, 1.165) is 31.1 Å². The van der Waals surface area contributed by atoms with Crippen LogP contribution < -0.4 is 4.72 Å². The van der Waals surface area contributed by atoms with Crippen molar-refractivity contribution in [3.63, 3.8) is 0 Å². The Morgan fingerprint density at radius 3 is 2.44 bits per heavy atom. The highest BCUT2D eigenvalue weighted by Gasteiger charge is 2.16. The van der Waals surface area contributed by atoms with E-state index in [1.54, 1.807) is 6.07 Å². The van der Waals surface area contributed by atoms with E-state index in [9.17, 15) is 12.8 Å². The van der Waals surface area contributed by atoms with Crippen molar-refractivity contribution in [1.29, 1.82) is 0 Å². The summed E-state index contributed by atoms with van der Waals surface area (Å²) in [5.41, 5.74) is 2.57. The van der Waals surface area contributed by atoms with Crippen LogP contribution >= 0.6 is 0 Å². The summed E-state index contributed by atoms with van der Waals surface area (Å²) in [7, 11) is -3.52. The molecule has 2 aromatic rings. The molecule has 1 fully saturated rings. The highest BCUT2D eigenvalue weighted by molar-refractivity contribution is 7.88. The Balaban J connectivity index is 1.56. The third kappa shape index (κ3) is 6.41. The topological polar surface area (TPSA) is 49.4 Å². The van der Waals surface area contributed by atoms with Gasteiger partial charge in [-0.15, -0.1) is 0 Å². The van der Waals surface area contributed by atoms with Gasteiger partial charge in [0, 0.05) is 13.1 Å². The van der Waals surface area contributed by atoms with E-state index < -0.39 is 15.8 Å². The summed E-state index contributed by atoms with van der Waals surface area (Å²) in [6.07, 6.45) is 2.47. The predicted octanol–water partition coefficient (Wildman–Crippen LogP) is 3.68. The van der Waals surface area contributed by atoms with E-state index in [0.29, 0.717) is 5.56 Å². The summed E-state index contributed by atoms with van der Waals surface area (Å²) in [6.45, 7) is 5.67. The maximum absolute atomic E-state index is 13.2. The van der Waals surface area contributed by atoms with E-state index in [2.05, 4.69) is 28.7 Å². The monoisotopic (exact) mass is 390 g/mol. The number of hydrogen-bond acceptors (Lipinski definition) is 3. The van der Waals surface area contributed by atoms with Gasteiger partial charge in [-0.3, -0.25) is 4.90 Å². The normalized spacial score (nSPS) is 16.5. The van der Waals surface area contributed by atoms with Crippen LogP contribution in [0.4, 0.5) is 4.39 Å². The van der Waals surface area contributed by atoms with Gasteiger partial charge in [-0.25, -0.2) is 17.5 Å². The number of sulfonamides is 1. The van der Waals surface area contributed by atoms with Crippen molar-refractivity contribution in [2.45, 2.75) is 38.6 Å². The molecule has 1 aliphatic rings. The molecule has 6 heteroatoms. The molecule has 0 amide bonds. The third-order valence-corrected chi connectivity index (χ3v) is 6.31. The summed E-state index contributed by atoms with van der Waals surface area (Å²) in [5, 5.41) is 0. The van der Waals surface area contributed by atoms with Gasteiger partial charge in [-0.2, -0.15) is 0 Å². The molecular formula is C21H27FN2O2S. The van der Waals surface area contributed by atoms with Crippen LogP contribution in [0, 0.1) is 11.7 Å². The minimum atomic E-state index is -3.52. The van der Waals surface area contributed by atoms with Crippen LogP contribution in [0.5, 0.6) is 0 Å². The van der Waals surface area contributed by atoms with E-state index in [1.807, 2.05) is 12.1 Å². The van der Waals surface area contributed by atoms with Gasteiger partial charge in [0.2, 0.25) is 10.0 Å². The lowest BCUT2D eigenvalue weighted by Crippen LogP contribution is -2.32. The number of nitrogens with zero attached hydrogens (tertiary/aromatic N) is 1. The second-order valence-electron chi connectivity index (χ2n) is 7.49. The summed E-state index contributed by atoms with van der Waals surface area (Å²) in [5.74, 6) is 0.152. The van der Waals surface area contributed by atoms with Crippen LogP contribution in [0.25, 0.3) is 0 Å². The number of nitrogens with one attached hydrogen (secondary N) is 1. The van der Waals surface area contributed by atoms with Gasteiger partial charge < -0.3 is 0 Å². The molecule has 2 aromatic carbocycles. The summed E-state index contributed by atoms with van der Waals surface area (Å²) >= 11 is 0. The molecule has 146 valence electrons. The summed E-state index contributed by atoms with van der Waals surface area (Å²) in [6, 6.07) is 13.7. The van der Waals surface area contributed by atoms with Gasteiger partial charge in [0.15, 0.2) is 0 Å². The number of benzene rings is 2. The fraction of sp³-hybridized carbons (Fsp3) is 0.429. The molecule has 0 bridgehead atoms. The molecular weight excluding hydrogens is 363 g/mol. The molecule has 0 saturated carbocycles. The fourth-order valence-corrected chi connectivity index (χ4v) is 4.51. The minimum Gasteiger partial charge on any atom is -0.299 e. The predicted molar refractivity (Wildman–Crippen MR) is 106 cm³/mol. The van der Waals surface area contributed by atoms with Crippen molar-refractivity contribution in [3.8, 4) is 0 Å². The van der Waals surface area contributed by atoms with Crippen LogP contribution in [0.1, 0.15) is 36.5 Å². The van der Waals surface area contributed by atoms with E-state index >= 15 is 0 Å². The molecule has 0 aromatic heterocycles. The van der Waals surface area contributed by atoms with E-state index in [4.69, 9.17) is 0 Å². The Hall–Kier alpha value is -1.76. The van der Waals surface area contributed by atoms with Gasteiger partial charge >= 0.3 is 0 Å². The number of rotatable bonds is 7. The van der Waals surface area contributed by atoms with Gasteiger partial charge in [0.1, 0.15) is 5.82 Å². The Morgan fingerprint density at radius 1 is 1.04 bits per heavy atom. The van der Waals surface area contributed by atoms with Crippen molar-refractivity contribution in [3.05, 3.63) is 71.0 Å². The third-order valence-electron chi connectivity index (χ3n) is 5.02. The van der Waals surface area contributed by atoms with Gasteiger partial charge in [-0.1, -0.05) is 43.3 Å². The van der Waals surface area contributed by atoms with Gasteiger partial charge in [0.05, 0.1) is 5.75 Å². The van der Waals surface area contributed by atoms with Crippen molar-refractivity contribution in [2.75, 3.05) is 13.1 Å². The van der Waals surface area contributed by atoms with Crippen molar-refractivity contribution < 1.29 is 12.8 Å². The second kappa shape index (κ2) is 8.95. The molecule has 0 atom stereocenters. The van der Waals surface area contributed by atoms with Crippen molar-refractivity contribution in [2.24, 2.45) is 5.92 Å². The smallest absolute Gasteiger partial charge is 0.216 e. The zero-order valence-corrected chi connectivity index (χ0v) is 16.5. The van der Waals surface area contributed by atoms with Crippen LogP contribution in [0.15, 0.2) is 48.5 Å². The Bertz CT molecular complexity index is 862. The highest BCUT2D eigenvalue weighted by Crippen LogP contribution is 2.18. The largest absolute Gasteiger partial charge is 0.299 e. The standard InChI is InChI=1S/C21H27FN2O2S/c1-17-8-10-24(11-9-17)15-19-5-2-4-18(12-19)14-23-27(25,26)16-20-6-3-7-21(22)13-20/h2-7,12-13,17,23H,8-11,14-16H2,1H3. The Kier molecular flexibility index (Phi) is 6.63. The van der Waals surface area contributed by atoms with Crippen LogP contribution in [-0.2, 0) is 28.9 Å². The molecule has 1 heterocycles. The minimum absolute atomic E-state index is 0.226. The SMILES string of the molecule is CC1CCN(Cc2cccc(CNS(=O)(=O)Cc3cccc(F)c3)c2)CC1. The first-order chi connectivity index (χ1) is 12.9. The second-order valence-corrected chi connectivity index (χ2v) is 9.30. The van der Waals surface area contributed by atoms with E-state index in [1.165, 1.54) is 36.6 Å². The number of piperidine rings is 1. The van der Waals surface area contributed by atoms with Crippen molar-refractivity contribution >= 4 is 10.0 Å². The maximum atomic E-state index is 13.2. The average molecular weight is 391 g/mol. The molecule has 0 radical (unpaired) electrons. The quantitative estimate of drug-likeness (QED) is 0.785. The summed E-state index contributed by atoms with van der Waals surface area (Å²) in [4.78, 5) is 2.45. The Morgan fingerprint density at radius 2 is 1.70 bits per heavy atom. The molecule has 1 saturated heterocycles. The zero-order chi connectivity index (χ0) is 19.3. The molecule has 4 nitrogen and oxygen atoms in total. The lowest BCUT2D eigenvalue weighted by Gasteiger charge is -2.30. The van der Waals surface area contributed by atoms with Crippen LogP contribution in [0.3, 0.4) is 0 Å². The Labute approximate surface area is 161 Å². The fourth-order valence-electron chi connectivity index (χ4n) is 3.41. The van der Waals surface area contributed by atoms with Gasteiger partial charge in [0.25, 0.3) is 0 Å². The van der Waals surface area contributed by atoms with Crippen LogP contribution in [0.2, 0.25) is 0 Å². The van der Waals surface area contributed by atoms with Gasteiger partial charge in [-0.05, 0) is 60.7 Å².